The van der Waals surface area contributed by atoms with Gasteiger partial charge in [-0.15, -0.1) is 0 Å². The number of rotatable bonds is 42. The molecule has 0 radical (unpaired) electrons. The molecule has 1 heterocycles. The van der Waals surface area contributed by atoms with Gasteiger partial charge in [-0.2, -0.15) is 0 Å². The molecule has 58 heavy (non-hydrogen) atoms. The lowest BCUT2D eigenvalue weighted by atomic mass is 10.0. The maximum atomic E-state index is 8.36. The fraction of sp³-hybridized carbons (Fsp3) is 0.942. The van der Waals surface area contributed by atoms with E-state index >= 15 is 0 Å². The molecular formula is C52H107N3O3. The lowest BCUT2D eigenvalue weighted by molar-refractivity contribution is -0.122. The van der Waals surface area contributed by atoms with Crippen molar-refractivity contribution in [3.05, 3.63) is 12.3 Å². The predicted octanol–water partition coefficient (Wildman–Crippen LogP) is 15.5. The summed E-state index contributed by atoms with van der Waals surface area (Å²) in [6, 6.07) is 0. The number of carboxylic acid groups (broad SMARTS) is 1. The Morgan fingerprint density at radius 3 is 1.26 bits per heavy atom. The van der Waals surface area contributed by atoms with Crippen molar-refractivity contribution in [2.24, 2.45) is 0 Å². The second-order valence-corrected chi connectivity index (χ2v) is 17.6. The van der Waals surface area contributed by atoms with E-state index in [-0.39, 0.29) is 6.47 Å². The van der Waals surface area contributed by atoms with Gasteiger partial charge in [-0.3, -0.25) is 9.69 Å². The van der Waals surface area contributed by atoms with Crippen LogP contribution in [-0.2, 0) is 9.53 Å². The molecule has 0 bridgehead atoms. The van der Waals surface area contributed by atoms with Crippen LogP contribution in [0.2, 0.25) is 0 Å². The van der Waals surface area contributed by atoms with Crippen LogP contribution in [0, 0.1) is 0 Å². The Balaban J connectivity index is 0. The Morgan fingerprint density at radius 1 is 0.552 bits per heavy atom. The van der Waals surface area contributed by atoms with Gasteiger partial charge >= 0.3 is 0 Å². The minimum absolute atomic E-state index is 0.250. The highest BCUT2D eigenvalue weighted by atomic mass is 16.5. The smallest absolute Gasteiger partial charge is 0.290 e. The summed E-state index contributed by atoms with van der Waals surface area (Å²) in [7, 11) is 2.27. The van der Waals surface area contributed by atoms with Gasteiger partial charge in [-0.25, -0.2) is 0 Å². The van der Waals surface area contributed by atoms with E-state index in [2.05, 4.69) is 49.1 Å². The van der Waals surface area contributed by atoms with Gasteiger partial charge in [0.2, 0.25) is 0 Å². The van der Waals surface area contributed by atoms with Crippen molar-refractivity contribution in [2.75, 3.05) is 59.4 Å². The zero-order valence-electron chi connectivity index (χ0n) is 40.7. The summed E-state index contributed by atoms with van der Waals surface area (Å²) < 4.78 is 6.54. The molecule has 1 saturated heterocycles. The number of allylic oxidation sites excluding steroid dienone is 1. The van der Waals surface area contributed by atoms with E-state index in [9.17, 15) is 0 Å². The third kappa shape index (κ3) is 44.4. The first-order valence-electron chi connectivity index (χ1n) is 26.1. The molecule has 0 aromatic carbocycles. The average molecular weight is 822 g/mol. The van der Waals surface area contributed by atoms with E-state index in [1.54, 1.807) is 0 Å². The van der Waals surface area contributed by atoms with E-state index in [1.807, 2.05) is 13.8 Å². The SMILES string of the molecule is C=C(CCCCCCCN(CCCCCCCCCCCCCCCC)CCN1CCN(C)CC1)OC(CCCCCCCC)CCCCCCCC.CC.O=CO. The molecule has 0 unspecified atom stereocenters. The first kappa shape index (κ1) is 59.0. The molecule has 0 aliphatic carbocycles. The standard InChI is InChI=1S/C49H99N3O.C2H6.CH2O2/c1-6-9-12-15-18-19-20-21-22-23-24-25-30-35-40-51(46-47-52-44-42-50(5)43-45-52)41-36-31-26-27-32-37-48(4)53-49(38-33-28-16-13-10-7-2)39-34-29-17-14-11-8-3;1-2;2-1-3/h49H,4,6-47H2,1-3,5H3;1-2H3;1H,(H,2,3). The number of likely N-dealkylation sites (N-methyl/N-ethyl adjacent to an activating group) is 1. The Bertz CT molecular complexity index is 772. The zero-order chi connectivity index (χ0) is 43.0. The number of ether oxygens (including phenoxy) is 1. The van der Waals surface area contributed by atoms with E-state index in [4.69, 9.17) is 14.6 Å². The van der Waals surface area contributed by atoms with Gasteiger partial charge in [0.05, 0.1) is 11.9 Å². The highest BCUT2D eigenvalue weighted by Gasteiger charge is 2.15. The minimum Gasteiger partial charge on any atom is -0.495 e. The van der Waals surface area contributed by atoms with Crippen molar-refractivity contribution in [1.29, 1.82) is 0 Å². The third-order valence-electron chi connectivity index (χ3n) is 12.2. The largest absolute Gasteiger partial charge is 0.495 e. The van der Waals surface area contributed by atoms with Crippen molar-refractivity contribution in [2.45, 2.75) is 259 Å². The number of nitrogens with zero attached hydrogens (tertiary/aromatic N) is 3. The predicted molar refractivity (Wildman–Crippen MR) is 258 cm³/mol. The molecule has 1 aliphatic rings. The molecule has 0 spiro atoms. The van der Waals surface area contributed by atoms with Gasteiger partial charge in [-0.1, -0.05) is 208 Å². The second-order valence-electron chi connectivity index (χ2n) is 17.6. The Kier molecular flexibility index (Phi) is 51.1. The van der Waals surface area contributed by atoms with Crippen molar-refractivity contribution in [1.82, 2.24) is 14.7 Å². The molecule has 0 saturated carbocycles. The number of hydrogen-bond acceptors (Lipinski definition) is 5. The summed E-state index contributed by atoms with van der Waals surface area (Å²) in [6.45, 7) is 25.1. The molecular weight excluding hydrogens is 715 g/mol. The molecule has 1 aliphatic heterocycles. The monoisotopic (exact) mass is 822 g/mol. The van der Waals surface area contributed by atoms with Crippen molar-refractivity contribution in [3.8, 4) is 0 Å². The Labute approximate surface area is 365 Å². The molecule has 1 fully saturated rings. The second kappa shape index (κ2) is 50.2. The van der Waals surface area contributed by atoms with Crippen molar-refractivity contribution in [3.63, 3.8) is 0 Å². The van der Waals surface area contributed by atoms with E-state index in [0.29, 0.717) is 6.10 Å². The van der Waals surface area contributed by atoms with Gasteiger partial charge in [0.15, 0.2) is 0 Å². The van der Waals surface area contributed by atoms with Crippen LogP contribution >= 0.6 is 0 Å². The zero-order valence-corrected chi connectivity index (χ0v) is 40.7. The summed E-state index contributed by atoms with van der Waals surface area (Å²) in [5.74, 6) is 1.07. The molecule has 6 nitrogen and oxygen atoms in total. The number of hydrogen-bond donors (Lipinski definition) is 1. The molecule has 1 rings (SSSR count). The third-order valence-corrected chi connectivity index (χ3v) is 12.2. The van der Waals surface area contributed by atoms with Crippen LogP contribution in [0.4, 0.5) is 0 Å². The number of unbranched alkanes of at least 4 members (excludes halogenated alkanes) is 27. The Morgan fingerprint density at radius 2 is 0.879 bits per heavy atom. The molecule has 0 amide bonds. The van der Waals surface area contributed by atoms with E-state index < -0.39 is 0 Å². The number of piperazine rings is 1. The lowest BCUT2D eigenvalue weighted by Crippen LogP contribution is -2.47. The highest BCUT2D eigenvalue weighted by Crippen LogP contribution is 2.21. The average Bonchev–Trinajstić information content (AvgIpc) is 3.23. The maximum Gasteiger partial charge on any atom is 0.290 e. The van der Waals surface area contributed by atoms with Gasteiger partial charge in [0.25, 0.3) is 6.47 Å². The van der Waals surface area contributed by atoms with Gasteiger partial charge < -0.3 is 19.6 Å². The molecule has 348 valence electrons. The number of carbonyl (C=O) groups is 1. The molecule has 0 atom stereocenters. The summed E-state index contributed by atoms with van der Waals surface area (Å²) in [5.41, 5.74) is 0. The van der Waals surface area contributed by atoms with Crippen LogP contribution in [0.5, 0.6) is 0 Å². The molecule has 1 N–H and O–H groups in total. The summed E-state index contributed by atoms with van der Waals surface area (Å²) in [4.78, 5) is 16.4. The molecule has 0 aromatic rings. The van der Waals surface area contributed by atoms with Crippen LogP contribution in [-0.4, -0.2) is 91.8 Å². The van der Waals surface area contributed by atoms with Gasteiger partial charge in [0, 0.05) is 45.7 Å². The topological polar surface area (TPSA) is 56.2 Å². The fourth-order valence-electron chi connectivity index (χ4n) is 8.27. The van der Waals surface area contributed by atoms with Crippen LogP contribution in [0.15, 0.2) is 12.3 Å². The normalized spacial score (nSPS) is 13.3. The van der Waals surface area contributed by atoms with E-state index in [1.165, 1.54) is 264 Å². The van der Waals surface area contributed by atoms with Crippen LogP contribution in [0.25, 0.3) is 0 Å². The fourth-order valence-corrected chi connectivity index (χ4v) is 8.27. The lowest BCUT2D eigenvalue weighted by Gasteiger charge is -2.34. The van der Waals surface area contributed by atoms with Gasteiger partial charge in [-0.05, 0) is 65.1 Å². The Hall–Kier alpha value is -1.11. The first-order chi connectivity index (χ1) is 28.5. The highest BCUT2D eigenvalue weighted by molar-refractivity contribution is 5.32. The summed E-state index contributed by atoms with van der Waals surface area (Å²) in [5, 5.41) is 6.89. The molecule has 0 aromatic heterocycles. The summed E-state index contributed by atoms with van der Waals surface area (Å²) >= 11 is 0. The summed E-state index contributed by atoms with van der Waals surface area (Å²) in [6.07, 6.45) is 47.2. The minimum atomic E-state index is -0.250. The maximum absolute atomic E-state index is 8.36. The quantitative estimate of drug-likeness (QED) is 0.0376. The van der Waals surface area contributed by atoms with Gasteiger partial charge in [0.1, 0.15) is 0 Å². The first-order valence-corrected chi connectivity index (χ1v) is 26.1. The molecule has 6 heteroatoms. The van der Waals surface area contributed by atoms with Crippen LogP contribution < -0.4 is 0 Å². The van der Waals surface area contributed by atoms with E-state index in [0.717, 1.165) is 12.2 Å². The van der Waals surface area contributed by atoms with Crippen molar-refractivity contribution < 1.29 is 14.6 Å². The van der Waals surface area contributed by atoms with Crippen LogP contribution in [0.1, 0.15) is 253 Å². The van der Waals surface area contributed by atoms with Crippen LogP contribution in [0.3, 0.4) is 0 Å². The van der Waals surface area contributed by atoms with Crippen molar-refractivity contribution >= 4 is 6.47 Å².